The molecule has 0 aliphatic carbocycles. The fraction of sp³-hybridized carbons (Fsp3) is 0.667. The average Bonchev–Trinajstić information content (AvgIpc) is 2.57. The summed E-state index contributed by atoms with van der Waals surface area (Å²) in [6.07, 6.45) is 0. The Labute approximate surface area is 101 Å². The Balaban J connectivity index is 2.17. The maximum atomic E-state index is 4.47. The van der Waals surface area contributed by atoms with E-state index in [1.54, 1.807) is 11.3 Å². The van der Waals surface area contributed by atoms with Gasteiger partial charge in [0.2, 0.25) is 0 Å². The molecule has 5 heteroatoms. The van der Waals surface area contributed by atoms with Gasteiger partial charge in [-0.05, 0) is 22.9 Å². The number of thiazole rings is 1. The summed E-state index contributed by atoms with van der Waals surface area (Å²) in [6, 6.07) is 0.590. The van der Waals surface area contributed by atoms with Gasteiger partial charge < -0.3 is 4.90 Å². The van der Waals surface area contributed by atoms with Gasteiger partial charge in [0, 0.05) is 29.0 Å². The van der Waals surface area contributed by atoms with Crippen LogP contribution in [0.5, 0.6) is 0 Å². The molecular formula is C9H13BrN2S2. The fourth-order valence-corrected chi connectivity index (χ4v) is 4.04. The molecule has 14 heavy (non-hydrogen) atoms. The minimum atomic E-state index is 0.590. The SMILES string of the molecule is CC1SCCN(c2nc(Br)cs2)C1C. The lowest BCUT2D eigenvalue weighted by Crippen LogP contribution is -2.44. The summed E-state index contributed by atoms with van der Waals surface area (Å²) >= 11 is 7.18. The Morgan fingerprint density at radius 3 is 3.00 bits per heavy atom. The fourth-order valence-electron chi connectivity index (χ4n) is 1.58. The number of hydrogen-bond donors (Lipinski definition) is 0. The predicted octanol–water partition coefficient (Wildman–Crippen LogP) is 3.24. The number of anilines is 1. The van der Waals surface area contributed by atoms with E-state index in [0.717, 1.165) is 16.3 Å². The zero-order chi connectivity index (χ0) is 10.1. The van der Waals surface area contributed by atoms with Crippen molar-refractivity contribution in [1.82, 2.24) is 4.98 Å². The highest BCUT2D eigenvalue weighted by Gasteiger charge is 2.26. The smallest absolute Gasteiger partial charge is 0.186 e. The molecule has 1 aliphatic heterocycles. The van der Waals surface area contributed by atoms with Gasteiger partial charge in [0.05, 0.1) is 0 Å². The second kappa shape index (κ2) is 4.41. The molecule has 0 aromatic carbocycles. The monoisotopic (exact) mass is 292 g/mol. The van der Waals surface area contributed by atoms with E-state index < -0.39 is 0 Å². The van der Waals surface area contributed by atoms with E-state index >= 15 is 0 Å². The van der Waals surface area contributed by atoms with E-state index in [0.29, 0.717) is 11.3 Å². The van der Waals surface area contributed by atoms with Crippen molar-refractivity contribution in [3.8, 4) is 0 Å². The minimum Gasteiger partial charge on any atom is -0.343 e. The molecule has 0 amide bonds. The van der Waals surface area contributed by atoms with Crippen LogP contribution >= 0.6 is 39.0 Å². The Bertz CT molecular complexity index is 316. The lowest BCUT2D eigenvalue weighted by Gasteiger charge is -2.37. The first-order valence-corrected chi connectivity index (χ1v) is 7.40. The van der Waals surface area contributed by atoms with Crippen LogP contribution in [0.1, 0.15) is 13.8 Å². The number of aromatic nitrogens is 1. The Morgan fingerprint density at radius 1 is 1.57 bits per heavy atom. The van der Waals surface area contributed by atoms with Gasteiger partial charge in [0.1, 0.15) is 4.60 Å². The van der Waals surface area contributed by atoms with Crippen molar-refractivity contribution in [1.29, 1.82) is 0 Å². The molecule has 1 fully saturated rings. The molecule has 2 nitrogen and oxygen atoms in total. The zero-order valence-corrected chi connectivity index (χ0v) is 11.5. The van der Waals surface area contributed by atoms with Gasteiger partial charge in [0.25, 0.3) is 0 Å². The van der Waals surface area contributed by atoms with Gasteiger partial charge in [-0.1, -0.05) is 6.92 Å². The molecule has 1 aromatic rings. The quantitative estimate of drug-likeness (QED) is 0.791. The molecular weight excluding hydrogens is 280 g/mol. The van der Waals surface area contributed by atoms with Crippen LogP contribution in [0.15, 0.2) is 9.98 Å². The molecule has 0 spiro atoms. The molecule has 2 rings (SSSR count). The van der Waals surface area contributed by atoms with Crippen LogP contribution in [0.25, 0.3) is 0 Å². The van der Waals surface area contributed by atoms with Crippen molar-refractivity contribution in [3.63, 3.8) is 0 Å². The van der Waals surface area contributed by atoms with Gasteiger partial charge in [-0.15, -0.1) is 11.3 Å². The van der Waals surface area contributed by atoms with Gasteiger partial charge in [-0.3, -0.25) is 0 Å². The first kappa shape index (κ1) is 10.8. The first-order valence-electron chi connectivity index (χ1n) is 4.68. The second-order valence-electron chi connectivity index (χ2n) is 3.46. The lowest BCUT2D eigenvalue weighted by molar-refractivity contribution is 0.625. The van der Waals surface area contributed by atoms with E-state index in [9.17, 15) is 0 Å². The normalized spacial score (nSPS) is 28.1. The number of halogens is 1. The van der Waals surface area contributed by atoms with Gasteiger partial charge >= 0.3 is 0 Å². The second-order valence-corrected chi connectivity index (χ2v) is 6.60. The molecule has 2 atom stereocenters. The van der Waals surface area contributed by atoms with E-state index in [2.05, 4.69) is 56.8 Å². The zero-order valence-electron chi connectivity index (χ0n) is 8.24. The van der Waals surface area contributed by atoms with Crippen LogP contribution in [-0.2, 0) is 0 Å². The van der Waals surface area contributed by atoms with Crippen molar-refractivity contribution < 1.29 is 0 Å². The lowest BCUT2D eigenvalue weighted by atomic mass is 10.2. The molecule has 78 valence electrons. The third-order valence-electron chi connectivity index (χ3n) is 2.59. The summed E-state index contributed by atoms with van der Waals surface area (Å²) < 4.78 is 0.954. The highest BCUT2D eigenvalue weighted by molar-refractivity contribution is 9.10. The van der Waals surface area contributed by atoms with Crippen molar-refractivity contribution in [2.45, 2.75) is 25.1 Å². The van der Waals surface area contributed by atoms with Gasteiger partial charge in [-0.25, -0.2) is 4.98 Å². The minimum absolute atomic E-state index is 0.590. The Hall–Kier alpha value is 0.260. The highest BCUT2D eigenvalue weighted by atomic mass is 79.9. The van der Waals surface area contributed by atoms with Crippen LogP contribution < -0.4 is 4.90 Å². The van der Waals surface area contributed by atoms with Crippen LogP contribution in [0.2, 0.25) is 0 Å². The predicted molar refractivity (Wildman–Crippen MR) is 68.5 cm³/mol. The molecule has 0 N–H and O–H groups in total. The number of rotatable bonds is 1. The number of nitrogens with zero attached hydrogens (tertiary/aromatic N) is 2. The Kier molecular flexibility index (Phi) is 3.39. The summed E-state index contributed by atoms with van der Waals surface area (Å²) in [6.45, 7) is 5.70. The van der Waals surface area contributed by atoms with E-state index in [1.807, 2.05) is 0 Å². The maximum absolute atomic E-state index is 4.47. The number of hydrogen-bond acceptors (Lipinski definition) is 4. The topological polar surface area (TPSA) is 16.1 Å². The summed E-state index contributed by atoms with van der Waals surface area (Å²) in [5.74, 6) is 1.21. The highest BCUT2D eigenvalue weighted by Crippen LogP contribution is 2.31. The summed E-state index contributed by atoms with van der Waals surface area (Å²) in [5, 5.41) is 3.90. The van der Waals surface area contributed by atoms with E-state index in [-0.39, 0.29) is 0 Å². The van der Waals surface area contributed by atoms with Crippen LogP contribution in [0.4, 0.5) is 5.13 Å². The third kappa shape index (κ3) is 2.09. The summed E-state index contributed by atoms with van der Waals surface area (Å²) in [4.78, 5) is 6.88. The van der Waals surface area contributed by atoms with Gasteiger partial charge in [0.15, 0.2) is 5.13 Å². The van der Waals surface area contributed by atoms with Crippen LogP contribution in [0.3, 0.4) is 0 Å². The molecule has 2 unspecified atom stereocenters. The average molecular weight is 293 g/mol. The van der Waals surface area contributed by atoms with E-state index in [1.165, 1.54) is 5.75 Å². The Morgan fingerprint density at radius 2 is 2.36 bits per heavy atom. The molecule has 0 radical (unpaired) electrons. The molecule has 2 heterocycles. The molecule has 1 saturated heterocycles. The van der Waals surface area contributed by atoms with Crippen LogP contribution in [0, 0.1) is 0 Å². The van der Waals surface area contributed by atoms with Crippen molar-refractivity contribution in [2.75, 3.05) is 17.2 Å². The standard InChI is InChI=1S/C9H13BrN2S2/c1-6-7(2)13-4-3-12(6)9-11-8(10)5-14-9/h5-7H,3-4H2,1-2H3. The summed E-state index contributed by atoms with van der Waals surface area (Å²) in [7, 11) is 0. The molecule has 0 bridgehead atoms. The first-order chi connectivity index (χ1) is 6.68. The maximum Gasteiger partial charge on any atom is 0.186 e. The van der Waals surface area contributed by atoms with E-state index in [4.69, 9.17) is 0 Å². The third-order valence-corrected chi connectivity index (χ3v) is 5.52. The van der Waals surface area contributed by atoms with Crippen molar-refractivity contribution in [2.24, 2.45) is 0 Å². The molecule has 1 aliphatic rings. The summed E-state index contributed by atoms with van der Waals surface area (Å²) in [5.41, 5.74) is 0. The molecule has 0 saturated carbocycles. The largest absolute Gasteiger partial charge is 0.343 e. The molecule has 1 aromatic heterocycles. The van der Waals surface area contributed by atoms with Crippen LogP contribution in [-0.4, -0.2) is 28.6 Å². The number of thioether (sulfide) groups is 1. The van der Waals surface area contributed by atoms with Crippen molar-refractivity contribution >= 4 is 44.2 Å². The van der Waals surface area contributed by atoms with Gasteiger partial charge in [-0.2, -0.15) is 11.8 Å². The van der Waals surface area contributed by atoms with Crippen molar-refractivity contribution in [3.05, 3.63) is 9.98 Å².